The van der Waals surface area contributed by atoms with Crippen molar-refractivity contribution in [1.29, 1.82) is 0 Å². The standard InChI is InChI=1S/C19H28ClN5O/c1-13-11-16(25-9-7-24(3)8-10-25)23-17(21)19(13,2)18(26)22-15-6-4-5-14(20)12-15/h4-6,12-13,17H,7-11,21H2,1-3H3,(H,22,26). The summed E-state index contributed by atoms with van der Waals surface area (Å²) < 4.78 is 0. The molecule has 1 amide bonds. The molecular weight excluding hydrogens is 350 g/mol. The molecule has 2 aliphatic heterocycles. The van der Waals surface area contributed by atoms with Gasteiger partial charge in [0.05, 0.1) is 5.41 Å². The summed E-state index contributed by atoms with van der Waals surface area (Å²) >= 11 is 6.01. The molecule has 7 heteroatoms. The minimum absolute atomic E-state index is 0.0869. The lowest BCUT2D eigenvalue weighted by Crippen LogP contribution is -2.57. The molecule has 1 fully saturated rings. The van der Waals surface area contributed by atoms with Gasteiger partial charge in [0, 0.05) is 43.3 Å². The molecule has 3 unspecified atom stereocenters. The number of hydrogen-bond donors (Lipinski definition) is 2. The number of amidine groups is 1. The Morgan fingerprint density at radius 3 is 2.65 bits per heavy atom. The van der Waals surface area contributed by atoms with Crippen molar-refractivity contribution in [2.24, 2.45) is 22.1 Å². The zero-order chi connectivity index (χ0) is 18.9. The normalized spacial score (nSPS) is 30.0. The lowest BCUT2D eigenvalue weighted by atomic mass is 9.71. The maximum Gasteiger partial charge on any atom is 0.234 e. The number of nitrogens with one attached hydrogen (secondary N) is 1. The van der Waals surface area contributed by atoms with Crippen LogP contribution in [-0.4, -0.2) is 60.9 Å². The second kappa shape index (κ2) is 7.55. The van der Waals surface area contributed by atoms with Gasteiger partial charge in [0.2, 0.25) is 5.91 Å². The zero-order valence-corrected chi connectivity index (χ0v) is 16.5. The van der Waals surface area contributed by atoms with Crippen LogP contribution in [0.15, 0.2) is 29.3 Å². The van der Waals surface area contributed by atoms with E-state index in [2.05, 4.69) is 29.1 Å². The van der Waals surface area contributed by atoms with Crippen molar-refractivity contribution in [2.45, 2.75) is 26.4 Å². The number of anilines is 1. The lowest BCUT2D eigenvalue weighted by molar-refractivity contribution is -0.128. The molecule has 0 spiro atoms. The fraction of sp³-hybridized carbons (Fsp3) is 0.579. The summed E-state index contributed by atoms with van der Waals surface area (Å²) in [6.07, 6.45) is 0.191. The fourth-order valence-corrected chi connectivity index (χ4v) is 3.78. The molecule has 3 rings (SSSR count). The highest BCUT2D eigenvalue weighted by molar-refractivity contribution is 6.30. The van der Waals surface area contributed by atoms with Gasteiger partial charge in [0.1, 0.15) is 12.0 Å². The average molecular weight is 378 g/mol. The van der Waals surface area contributed by atoms with E-state index in [0.717, 1.165) is 38.4 Å². The number of hydrogen-bond acceptors (Lipinski definition) is 5. The first-order chi connectivity index (χ1) is 12.3. The average Bonchev–Trinajstić information content (AvgIpc) is 2.59. The van der Waals surface area contributed by atoms with Gasteiger partial charge in [-0.05, 0) is 38.1 Å². The van der Waals surface area contributed by atoms with E-state index in [4.69, 9.17) is 22.3 Å². The largest absolute Gasteiger partial charge is 0.358 e. The Kier molecular flexibility index (Phi) is 5.55. The Labute approximate surface area is 160 Å². The van der Waals surface area contributed by atoms with Crippen LogP contribution in [0.5, 0.6) is 0 Å². The molecule has 3 atom stereocenters. The van der Waals surface area contributed by atoms with E-state index < -0.39 is 11.6 Å². The van der Waals surface area contributed by atoms with Crippen molar-refractivity contribution >= 4 is 29.0 Å². The third-order valence-corrected chi connectivity index (χ3v) is 6.09. The van der Waals surface area contributed by atoms with E-state index in [-0.39, 0.29) is 11.8 Å². The number of likely N-dealkylation sites (N-methyl/N-ethyl adjacent to an activating group) is 1. The third kappa shape index (κ3) is 3.72. The fourth-order valence-electron chi connectivity index (χ4n) is 3.59. The second-order valence-corrected chi connectivity index (χ2v) is 8.07. The first kappa shape index (κ1) is 19.1. The van der Waals surface area contributed by atoms with Gasteiger partial charge in [-0.25, -0.2) is 0 Å². The van der Waals surface area contributed by atoms with Gasteiger partial charge in [-0.3, -0.25) is 9.79 Å². The summed E-state index contributed by atoms with van der Waals surface area (Å²) in [4.78, 5) is 22.4. The first-order valence-electron chi connectivity index (χ1n) is 9.13. The predicted octanol–water partition coefficient (Wildman–Crippen LogP) is 2.26. The molecule has 0 aromatic heterocycles. The summed E-state index contributed by atoms with van der Waals surface area (Å²) in [6.45, 7) is 7.96. The molecule has 26 heavy (non-hydrogen) atoms. The molecule has 0 bridgehead atoms. The monoisotopic (exact) mass is 377 g/mol. The third-order valence-electron chi connectivity index (χ3n) is 5.86. The molecule has 6 nitrogen and oxygen atoms in total. The molecule has 2 heterocycles. The highest BCUT2D eigenvalue weighted by Crippen LogP contribution is 2.39. The number of carbonyl (C=O) groups excluding carboxylic acids is 1. The van der Waals surface area contributed by atoms with Gasteiger partial charge < -0.3 is 20.9 Å². The minimum Gasteiger partial charge on any atom is -0.358 e. The van der Waals surface area contributed by atoms with E-state index in [1.165, 1.54) is 0 Å². The maximum atomic E-state index is 13.0. The summed E-state index contributed by atoms with van der Waals surface area (Å²) in [6, 6.07) is 7.15. The van der Waals surface area contributed by atoms with Gasteiger partial charge in [-0.15, -0.1) is 0 Å². The Bertz CT molecular complexity index is 701. The smallest absolute Gasteiger partial charge is 0.234 e. The molecule has 0 saturated carbocycles. The van der Waals surface area contributed by atoms with Crippen molar-refractivity contribution < 1.29 is 4.79 Å². The van der Waals surface area contributed by atoms with Gasteiger partial charge in [0.15, 0.2) is 0 Å². The number of amides is 1. The molecule has 1 aromatic rings. The zero-order valence-electron chi connectivity index (χ0n) is 15.7. The van der Waals surface area contributed by atoms with Crippen LogP contribution in [0.25, 0.3) is 0 Å². The molecule has 1 saturated heterocycles. The van der Waals surface area contributed by atoms with Gasteiger partial charge in [0.25, 0.3) is 0 Å². The van der Waals surface area contributed by atoms with E-state index in [1.807, 2.05) is 19.1 Å². The minimum atomic E-state index is -0.765. The molecule has 0 radical (unpaired) electrons. The van der Waals surface area contributed by atoms with Crippen molar-refractivity contribution in [3.8, 4) is 0 Å². The predicted molar refractivity (Wildman–Crippen MR) is 106 cm³/mol. The highest BCUT2D eigenvalue weighted by Gasteiger charge is 2.48. The number of nitrogens with zero attached hydrogens (tertiary/aromatic N) is 3. The Balaban J connectivity index is 1.76. The summed E-state index contributed by atoms with van der Waals surface area (Å²) in [5.41, 5.74) is 6.31. The summed E-state index contributed by atoms with van der Waals surface area (Å²) in [5.74, 6) is 1.01. The van der Waals surface area contributed by atoms with Crippen LogP contribution in [0.2, 0.25) is 5.02 Å². The number of halogens is 1. The Hall–Kier alpha value is -1.63. The van der Waals surface area contributed by atoms with Crippen LogP contribution >= 0.6 is 11.6 Å². The van der Waals surface area contributed by atoms with E-state index in [9.17, 15) is 4.79 Å². The maximum absolute atomic E-state index is 13.0. The van der Waals surface area contributed by atoms with Gasteiger partial charge in [-0.2, -0.15) is 0 Å². The Morgan fingerprint density at radius 2 is 2.04 bits per heavy atom. The topological polar surface area (TPSA) is 74.0 Å². The van der Waals surface area contributed by atoms with Crippen LogP contribution in [-0.2, 0) is 4.79 Å². The quantitative estimate of drug-likeness (QED) is 0.829. The number of piperazine rings is 1. The number of carbonyl (C=O) groups is 1. The molecule has 2 aliphatic rings. The first-order valence-corrected chi connectivity index (χ1v) is 9.51. The van der Waals surface area contributed by atoms with Crippen molar-refractivity contribution in [3.05, 3.63) is 29.3 Å². The van der Waals surface area contributed by atoms with Crippen molar-refractivity contribution in [1.82, 2.24) is 9.80 Å². The van der Waals surface area contributed by atoms with Crippen molar-refractivity contribution in [2.75, 3.05) is 38.5 Å². The number of rotatable bonds is 2. The van der Waals surface area contributed by atoms with Gasteiger partial charge in [-0.1, -0.05) is 24.6 Å². The number of nitrogens with two attached hydrogens (primary N) is 1. The molecule has 0 aliphatic carbocycles. The van der Waals surface area contributed by atoms with Gasteiger partial charge >= 0.3 is 0 Å². The summed E-state index contributed by atoms with van der Waals surface area (Å²) in [5, 5.41) is 3.55. The van der Waals surface area contributed by atoms with E-state index in [1.54, 1.807) is 12.1 Å². The molecule has 3 N–H and O–H groups in total. The number of benzene rings is 1. The van der Waals surface area contributed by atoms with E-state index in [0.29, 0.717) is 10.7 Å². The van der Waals surface area contributed by atoms with Crippen molar-refractivity contribution in [3.63, 3.8) is 0 Å². The number of aliphatic imine (C=N–C) groups is 1. The SMILES string of the molecule is CC1CC(N2CCN(C)CC2)=NC(N)C1(C)C(=O)Nc1cccc(Cl)c1. The summed E-state index contributed by atoms with van der Waals surface area (Å²) in [7, 11) is 2.13. The second-order valence-electron chi connectivity index (χ2n) is 7.63. The lowest BCUT2D eigenvalue weighted by Gasteiger charge is -2.44. The van der Waals surface area contributed by atoms with Crippen LogP contribution in [0, 0.1) is 11.3 Å². The van der Waals surface area contributed by atoms with Crippen LogP contribution in [0.1, 0.15) is 20.3 Å². The highest BCUT2D eigenvalue weighted by atomic mass is 35.5. The Morgan fingerprint density at radius 1 is 1.35 bits per heavy atom. The molecule has 142 valence electrons. The molecule has 1 aromatic carbocycles. The van der Waals surface area contributed by atoms with Crippen LogP contribution in [0.3, 0.4) is 0 Å². The van der Waals surface area contributed by atoms with E-state index >= 15 is 0 Å². The molecular formula is C19H28ClN5O. The van der Waals surface area contributed by atoms with Crippen LogP contribution < -0.4 is 11.1 Å². The van der Waals surface area contributed by atoms with Crippen LogP contribution in [0.4, 0.5) is 5.69 Å².